The molecule has 1 aliphatic rings. The molecule has 72 valence electrons. The smallest absolute Gasteiger partial charge is 0.220 e. The molecule has 3 nitrogen and oxygen atoms in total. The van der Waals surface area contributed by atoms with Gasteiger partial charge in [-0.3, -0.25) is 9.59 Å². The summed E-state index contributed by atoms with van der Waals surface area (Å²) in [5.74, 6) is 0.770. The van der Waals surface area contributed by atoms with Crippen LogP contribution in [0.15, 0.2) is 12.7 Å². The molecule has 0 aromatic heterocycles. The van der Waals surface area contributed by atoms with Gasteiger partial charge in [0.05, 0.1) is 6.04 Å². The molecule has 1 saturated heterocycles. The van der Waals surface area contributed by atoms with Crippen molar-refractivity contribution < 1.29 is 9.59 Å². The topological polar surface area (TPSA) is 46.2 Å². The fourth-order valence-corrected chi connectivity index (χ4v) is 2.06. The van der Waals surface area contributed by atoms with Crippen LogP contribution in [0.5, 0.6) is 0 Å². The Morgan fingerprint density at radius 2 is 2.54 bits per heavy atom. The molecule has 0 bridgehead atoms. The van der Waals surface area contributed by atoms with Gasteiger partial charge in [0.1, 0.15) is 0 Å². The van der Waals surface area contributed by atoms with Gasteiger partial charge in [-0.25, -0.2) is 0 Å². The molecule has 0 aromatic carbocycles. The van der Waals surface area contributed by atoms with Gasteiger partial charge in [0.15, 0.2) is 0 Å². The van der Waals surface area contributed by atoms with Crippen LogP contribution in [0.25, 0.3) is 0 Å². The van der Waals surface area contributed by atoms with Gasteiger partial charge >= 0.3 is 0 Å². The Labute approximate surface area is 82.0 Å². The zero-order valence-electron chi connectivity index (χ0n) is 7.41. The Kier molecular flexibility index (Phi) is 4.02. The largest absolute Gasteiger partial charge is 0.345 e. The van der Waals surface area contributed by atoms with E-state index >= 15 is 0 Å². The predicted molar refractivity (Wildman–Crippen MR) is 53.4 cm³/mol. The lowest BCUT2D eigenvalue weighted by molar-refractivity contribution is -0.124. The minimum Gasteiger partial charge on any atom is -0.345 e. The van der Waals surface area contributed by atoms with E-state index in [4.69, 9.17) is 0 Å². The highest BCUT2D eigenvalue weighted by atomic mass is 32.2. The number of nitrogens with one attached hydrogen (secondary N) is 1. The summed E-state index contributed by atoms with van der Waals surface area (Å²) in [6.45, 7) is 3.53. The van der Waals surface area contributed by atoms with Crippen LogP contribution in [0, 0.1) is 0 Å². The van der Waals surface area contributed by atoms with E-state index in [2.05, 4.69) is 11.9 Å². The van der Waals surface area contributed by atoms with Gasteiger partial charge in [-0.05, 0) is 12.8 Å². The fraction of sp³-hybridized carbons (Fsp3) is 0.556. The average Bonchev–Trinajstić information content (AvgIpc) is 2.48. The second kappa shape index (κ2) is 5.07. The first-order chi connectivity index (χ1) is 6.24. The van der Waals surface area contributed by atoms with Crippen molar-refractivity contribution in [2.75, 3.05) is 5.75 Å². The third-order valence-electron chi connectivity index (χ3n) is 1.85. The monoisotopic (exact) mass is 199 g/mol. The van der Waals surface area contributed by atoms with E-state index < -0.39 is 0 Å². The number of hydrogen-bond donors (Lipinski definition) is 1. The maximum absolute atomic E-state index is 11.2. The number of allylic oxidation sites excluding steroid dienone is 1. The maximum Gasteiger partial charge on any atom is 0.220 e. The first-order valence-corrected chi connectivity index (χ1v) is 5.29. The first kappa shape index (κ1) is 10.3. The van der Waals surface area contributed by atoms with Crippen LogP contribution < -0.4 is 5.32 Å². The minimum atomic E-state index is -0.248. The van der Waals surface area contributed by atoms with E-state index in [1.54, 1.807) is 6.08 Å². The molecule has 0 spiro atoms. The van der Waals surface area contributed by atoms with Gasteiger partial charge in [0, 0.05) is 12.2 Å². The second-order valence-corrected chi connectivity index (χ2v) is 4.00. The van der Waals surface area contributed by atoms with E-state index in [-0.39, 0.29) is 17.1 Å². The van der Waals surface area contributed by atoms with Gasteiger partial charge in [-0.1, -0.05) is 17.8 Å². The summed E-state index contributed by atoms with van der Waals surface area (Å²) in [6.07, 6.45) is 3.56. The lowest BCUT2D eigenvalue weighted by Crippen LogP contribution is -2.36. The predicted octanol–water partition coefficient (Wildman–Crippen LogP) is 1.10. The van der Waals surface area contributed by atoms with E-state index in [0.29, 0.717) is 12.8 Å². The standard InChI is InChI=1S/C9H13NO2S/c1-2-3-4-8(11)10-7-5-6-13-9(7)12/h2,7H,1,3-6H2,(H,10,11)/t7-/m0/s1. The zero-order chi connectivity index (χ0) is 9.68. The summed E-state index contributed by atoms with van der Waals surface area (Å²) >= 11 is 1.30. The molecular weight excluding hydrogens is 186 g/mol. The van der Waals surface area contributed by atoms with Crippen LogP contribution in [0.4, 0.5) is 0 Å². The molecule has 1 heterocycles. The molecule has 1 atom stereocenters. The molecule has 0 aromatic rings. The van der Waals surface area contributed by atoms with Gasteiger partial charge in [-0.2, -0.15) is 0 Å². The minimum absolute atomic E-state index is 0.0549. The lowest BCUT2D eigenvalue weighted by atomic mass is 10.2. The quantitative estimate of drug-likeness (QED) is 0.690. The molecule has 1 aliphatic heterocycles. The van der Waals surface area contributed by atoms with Crippen molar-refractivity contribution in [3.63, 3.8) is 0 Å². The molecule has 1 rings (SSSR count). The van der Waals surface area contributed by atoms with Crippen molar-refractivity contribution >= 4 is 22.8 Å². The Balaban J connectivity index is 2.26. The molecule has 1 fully saturated rings. The highest BCUT2D eigenvalue weighted by molar-refractivity contribution is 8.14. The average molecular weight is 199 g/mol. The SMILES string of the molecule is C=CCCC(=O)N[C@H]1CCSC1=O. The molecule has 0 saturated carbocycles. The molecule has 1 amide bonds. The summed E-state index contributed by atoms with van der Waals surface area (Å²) in [5, 5.41) is 2.80. The number of carbonyl (C=O) groups is 2. The highest BCUT2D eigenvalue weighted by Crippen LogP contribution is 2.19. The van der Waals surface area contributed by atoms with Gasteiger partial charge in [-0.15, -0.1) is 6.58 Å². The van der Waals surface area contributed by atoms with Crippen LogP contribution in [0.1, 0.15) is 19.3 Å². The molecule has 13 heavy (non-hydrogen) atoms. The highest BCUT2D eigenvalue weighted by Gasteiger charge is 2.26. The van der Waals surface area contributed by atoms with Crippen molar-refractivity contribution in [3.05, 3.63) is 12.7 Å². The Morgan fingerprint density at radius 3 is 3.08 bits per heavy atom. The molecule has 4 heteroatoms. The first-order valence-electron chi connectivity index (χ1n) is 4.31. The summed E-state index contributed by atoms with van der Waals surface area (Å²) < 4.78 is 0. The Hall–Kier alpha value is -0.770. The summed E-state index contributed by atoms with van der Waals surface area (Å²) in [5.41, 5.74) is 0. The van der Waals surface area contributed by atoms with E-state index in [9.17, 15) is 9.59 Å². The van der Waals surface area contributed by atoms with Crippen LogP contribution in [-0.2, 0) is 9.59 Å². The third kappa shape index (κ3) is 3.22. The number of hydrogen-bond acceptors (Lipinski definition) is 3. The number of amides is 1. The third-order valence-corrected chi connectivity index (χ3v) is 2.85. The van der Waals surface area contributed by atoms with Gasteiger partial charge < -0.3 is 5.32 Å². The molecular formula is C9H13NO2S. The normalized spacial score (nSPS) is 21.5. The fourth-order valence-electron chi connectivity index (χ4n) is 1.13. The molecule has 0 unspecified atom stereocenters. The van der Waals surface area contributed by atoms with Crippen molar-refractivity contribution in [1.29, 1.82) is 0 Å². The van der Waals surface area contributed by atoms with Crippen LogP contribution >= 0.6 is 11.8 Å². The second-order valence-electron chi connectivity index (χ2n) is 2.90. The van der Waals surface area contributed by atoms with Gasteiger partial charge in [0.2, 0.25) is 11.0 Å². The lowest BCUT2D eigenvalue weighted by Gasteiger charge is -2.08. The van der Waals surface area contributed by atoms with Crippen LogP contribution in [-0.4, -0.2) is 22.8 Å². The zero-order valence-corrected chi connectivity index (χ0v) is 8.23. The van der Waals surface area contributed by atoms with Crippen molar-refractivity contribution in [2.24, 2.45) is 0 Å². The van der Waals surface area contributed by atoms with Crippen LogP contribution in [0.2, 0.25) is 0 Å². The Morgan fingerprint density at radius 1 is 1.77 bits per heavy atom. The molecule has 0 radical (unpaired) electrons. The van der Waals surface area contributed by atoms with Gasteiger partial charge in [0.25, 0.3) is 0 Å². The van der Waals surface area contributed by atoms with Crippen molar-refractivity contribution in [2.45, 2.75) is 25.3 Å². The number of thioether (sulfide) groups is 1. The molecule has 0 aliphatic carbocycles. The van der Waals surface area contributed by atoms with E-state index in [0.717, 1.165) is 12.2 Å². The van der Waals surface area contributed by atoms with Crippen LogP contribution in [0.3, 0.4) is 0 Å². The van der Waals surface area contributed by atoms with Crippen molar-refractivity contribution in [3.8, 4) is 0 Å². The van der Waals surface area contributed by atoms with Crippen molar-refractivity contribution in [1.82, 2.24) is 5.32 Å². The molecule has 1 N–H and O–H groups in total. The summed E-state index contributed by atoms with van der Waals surface area (Å²) in [4.78, 5) is 22.3. The summed E-state index contributed by atoms with van der Waals surface area (Å²) in [6, 6.07) is -0.248. The number of carbonyl (C=O) groups excluding carboxylic acids is 2. The summed E-state index contributed by atoms with van der Waals surface area (Å²) in [7, 11) is 0. The number of rotatable bonds is 4. The maximum atomic E-state index is 11.2. The van der Waals surface area contributed by atoms with E-state index in [1.165, 1.54) is 11.8 Å². The van der Waals surface area contributed by atoms with E-state index in [1.807, 2.05) is 0 Å². The Bertz CT molecular complexity index is 228.